The summed E-state index contributed by atoms with van der Waals surface area (Å²) in [6.07, 6.45) is 8.43. The molecule has 1 N–H and O–H groups in total. The van der Waals surface area contributed by atoms with Gasteiger partial charge in [0.15, 0.2) is 0 Å². The molecule has 0 radical (unpaired) electrons. The lowest BCUT2D eigenvalue weighted by Crippen LogP contribution is -2.52. The van der Waals surface area contributed by atoms with Crippen molar-refractivity contribution < 1.29 is 13.2 Å². The van der Waals surface area contributed by atoms with E-state index in [4.69, 9.17) is 4.74 Å². The highest BCUT2D eigenvalue weighted by Gasteiger charge is 2.33. The van der Waals surface area contributed by atoms with Crippen molar-refractivity contribution in [2.24, 2.45) is 5.92 Å². The van der Waals surface area contributed by atoms with Gasteiger partial charge in [-0.3, -0.25) is 0 Å². The first-order valence-electron chi connectivity index (χ1n) is 12.1. The Morgan fingerprint density at radius 1 is 1.06 bits per heavy atom. The molecule has 1 unspecified atom stereocenters. The lowest BCUT2D eigenvalue weighted by atomic mass is 9.82. The van der Waals surface area contributed by atoms with Crippen LogP contribution in [-0.2, 0) is 14.8 Å². The molecule has 4 rings (SSSR count). The minimum Gasteiger partial charge on any atom is -0.378 e. The normalized spacial score (nSPS) is 26.3. The summed E-state index contributed by atoms with van der Waals surface area (Å²) in [5.74, 6) is 1.64. The molecule has 0 spiro atoms. The van der Waals surface area contributed by atoms with Gasteiger partial charge in [-0.05, 0) is 69.6 Å². The van der Waals surface area contributed by atoms with Crippen LogP contribution >= 0.6 is 0 Å². The van der Waals surface area contributed by atoms with Gasteiger partial charge >= 0.3 is 0 Å². The minimum absolute atomic E-state index is 0.0904. The molecule has 7 heteroatoms. The van der Waals surface area contributed by atoms with Gasteiger partial charge in [-0.1, -0.05) is 35.4 Å². The van der Waals surface area contributed by atoms with Crippen LogP contribution in [0, 0.1) is 19.8 Å². The average Bonchev–Trinajstić information content (AvgIpc) is 2.78. The summed E-state index contributed by atoms with van der Waals surface area (Å²) in [6.45, 7) is 6.43. The van der Waals surface area contributed by atoms with Gasteiger partial charge in [0.05, 0.1) is 19.0 Å². The number of nitrogens with zero attached hydrogens (tertiary/aromatic N) is 2. The van der Waals surface area contributed by atoms with Gasteiger partial charge in [-0.15, -0.1) is 0 Å². The summed E-state index contributed by atoms with van der Waals surface area (Å²) in [4.78, 5) is 6.72. The smallest absolute Gasteiger partial charge is 0.208 e. The van der Waals surface area contributed by atoms with E-state index in [0.29, 0.717) is 12.5 Å². The van der Waals surface area contributed by atoms with Gasteiger partial charge in [-0.2, -0.15) is 0 Å². The van der Waals surface area contributed by atoms with E-state index >= 15 is 0 Å². The minimum atomic E-state index is -3.27. The molecular weight excluding hydrogens is 434 g/mol. The molecule has 33 heavy (non-hydrogen) atoms. The number of hydrogen-bond acceptors (Lipinski definition) is 5. The maximum absolute atomic E-state index is 11.9. The van der Waals surface area contributed by atoms with Gasteiger partial charge in [0, 0.05) is 31.2 Å². The number of ether oxygens (including phenoxy) is 1. The van der Waals surface area contributed by atoms with Crippen molar-refractivity contribution in [3.63, 3.8) is 0 Å². The van der Waals surface area contributed by atoms with Crippen LogP contribution in [0.4, 0.5) is 5.82 Å². The number of rotatable bonds is 7. The average molecular weight is 472 g/mol. The molecule has 0 bridgehead atoms. The third kappa shape index (κ3) is 6.78. The van der Waals surface area contributed by atoms with Crippen molar-refractivity contribution in [2.75, 3.05) is 30.9 Å². The van der Waals surface area contributed by atoms with Crippen LogP contribution in [-0.4, -0.2) is 51.5 Å². The van der Waals surface area contributed by atoms with Crippen molar-refractivity contribution in [3.8, 4) is 0 Å². The van der Waals surface area contributed by atoms with Gasteiger partial charge in [0.1, 0.15) is 5.82 Å². The maximum Gasteiger partial charge on any atom is 0.208 e. The van der Waals surface area contributed by atoms with E-state index in [2.05, 4.69) is 46.7 Å². The zero-order valence-corrected chi connectivity index (χ0v) is 20.9. The zero-order chi connectivity index (χ0) is 23.4. The predicted molar refractivity (Wildman–Crippen MR) is 133 cm³/mol. The van der Waals surface area contributed by atoms with Crippen molar-refractivity contribution in [3.05, 3.63) is 59.3 Å². The maximum atomic E-state index is 11.9. The highest BCUT2D eigenvalue weighted by Crippen LogP contribution is 2.35. The van der Waals surface area contributed by atoms with Crippen molar-refractivity contribution in [2.45, 2.75) is 64.0 Å². The fourth-order valence-corrected chi connectivity index (χ4v) is 6.31. The van der Waals surface area contributed by atoms with Crippen molar-refractivity contribution >= 4 is 15.8 Å². The molecule has 2 atom stereocenters. The summed E-state index contributed by atoms with van der Waals surface area (Å²) in [5, 5.41) is 0. The van der Waals surface area contributed by atoms with Crippen LogP contribution in [0.1, 0.15) is 54.7 Å². The third-order valence-electron chi connectivity index (χ3n) is 7.01. The Balaban J connectivity index is 1.35. The summed E-state index contributed by atoms with van der Waals surface area (Å²) in [5.41, 5.74) is 4.13. The number of anilines is 1. The second-order valence-corrected chi connectivity index (χ2v) is 11.7. The molecule has 180 valence electrons. The summed E-state index contributed by atoms with van der Waals surface area (Å²) >= 11 is 0. The van der Waals surface area contributed by atoms with E-state index in [1.807, 2.05) is 18.2 Å². The predicted octanol–water partition coefficient (Wildman–Crippen LogP) is 4.19. The number of nitrogens with one attached hydrogen (secondary N) is 1. The number of aryl methyl sites for hydroxylation is 2. The van der Waals surface area contributed by atoms with E-state index in [9.17, 15) is 8.42 Å². The SMILES string of the molecule is Cc1cc(C)cc(C2CCC(OCC3CN(c4ccccn4)CC[C@@H]3NS(C)(=O)=O)CC2)c1. The second-order valence-electron chi connectivity index (χ2n) is 9.91. The Hall–Kier alpha value is -1.96. The molecule has 1 aromatic heterocycles. The number of sulfonamides is 1. The monoisotopic (exact) mass is 471 g/mol. The first-order chi connectivity index (χ1) is 15.8. The quantitative estimate of drug-likeness (QED) is 0.656. The molecule has 2 aromatic rings. The van der Waals surface area contributed by atoms with Crippen LogP contribution in [0.3, 0.4) is 0 Å². The first-order valence-corrected chi connectivity index (χ1v) is 14.0. The highest BCUT2D eigenvalue weighted by atomic mass is 32.2. The molecule has 1 saturated carbocycles. The molecule has 2 heterocycles. The topological polar surface area (TPSA) is 71.5 Å². The van der Waals surface area contributed by atoms with Crippen LogP contribution in [0.5, 0.6) is 0 Å². The Labute approximate surface area is 198 Å². The summed E-state index contributed by atoms with van der Waals surface area (Å²) in [6, 6.07) is 12.7. The standard InChI is InChI=1S/C26H37N3O3S/c1-19-14-20(2)16-22(15-19)21-7-9-24(10-8-21)32-18-23-17-29(26-6-4-5-12-27-26)13-11-25(23)28-33(3,30)31/h4-6,12,14-16,21,23-25,28H,7-11,13,17-18H2,1-3H3/t21?,23?,24?,25-/m0/s1. The van der Waals surface area contributed by atoms with Crippen molar-refractivity contribution in [1.82, 2.24) is 9.71 Å². The first kappa shape index (κ1) is 24.2. The van der Waals surface area contributed by atoms with Gasteiger partial charge in [0.25, 0.3) is 0 Å². The van der Waals surface area contributed by atoms with E-state index in [1.54, 1.807) is 6.20 Å². The molecule has 1 saturated heterocycles. The van der Waals surface area contributed by atoms with Crippen LogP contribution in [0.25, 0.3) is 0 Å². The second kappa shape index (κ2) is 10.5. The Bertz CT molecular complexity index is 1000. The largest absolute Gasteiger partial charge is 0.378 e. The van der Waals surface area contributed by atoms with Crippen LogP contribution < -0.4 is 9.62 Å². The summed E-state index contributed by atoms with van der Waals surface area (Å²) < 4.78 is 33.1. The van der Waals surface area contributed by atoms with Crippen LogP contribution in [0.2, 0.25) is 0 Å². The number of pyridine rings is 1. The molecule has 1 aromatic carbocycles. The molecular formula is C26H37N3O3S. The molecule has 1 aliphatic heterocycles. The zero-order valence-electron chi connectivity index (χ0n) is 20.0. The fraction of sp³-hybridized carbons (Fsp3) is 0.577. The van der Waals surface area contributed by atoms with Crippen LogP contribution in [0.15, 0.2) is 42.6 Å². The molecule has 2 fully saturated rings. The Morgan fingerprint density at radius 2 is 1.79 bits per heavy atom. The van der Waals surface area contributed by atoms with E-state index < -0.39 is 10.0 Å². The van der Waals surface area contributed by atoms with E-state index in [-0.39, 0.29) is 18.1 Å². The fourth-order valence-electron chi connectivity index (χ4n) is 5.45. The number of aromatic nitrogens is 1. The van der Waals surface area contributed by atoms with Gasteiger partial charge in [0.2, 0.25) is 10.0 Å². The number of hydrogen-bond donors (Lipinski definition) is 1. The van der Waals surface area contributed by atoms with E-state index in [1.165, 1.54) is 22.9 Å². The van der Waals surface area contributed by atoms with E-state index in [0.717, 1.165) is 51.0 Å². The van der Waals surface area contributed by atoms with Crippen molar-refractivity contribution in [1.29, 1.82) is 0 Å². The molecule has 6 nitrogen and oxygen atoms in total. The Morgan fingerprint density at radius 3 is 2.42 bits per heavy atom. The van der Waals surface area contributed by atoms with Gasteiger partial charge in [-0.25, -0.2) is 18.1 Å². The lowest BCUT2D eigenvalue weighted by Gasteiger charge is -2.40. The lowest BCUT2D eigenvalue weighted by molar-refractivity contribution is -0.00213. The van der Waals surface area contributed by atoms with Gasteiger partial charge < -0.3 is 9.64 Å². The third-order valence-corrected chi connectivity index (χ3v) is 7.74. The molecule has 1 aliphatic carbocycles. The molecule has 0 amide bonds. The molecule has 2 aliphatic rings. The highest BCUT2D eigenvalue weighted by molar-refractivity contribution is 7.88. The number of piperidine rings is 1. The summed E-state index contributed by atoms with van der Waals surface area (Å²) in [7, 11) is -3.27. The Kier molecular flexibility index (Phi) is 7.72. The number of benzene rings is 1.